The molecule has 1 atom stereocenters. The van der Waals surface area contributed by atoms with E-state index >= 15 is 0 Å². The van der Waals surface area contributed by atoms with Crippen LogP contribution in [0.3, 0.4) is 0 Å². The second kappa shape index (κ2) is 8.35. The van der Waals surface area contributed by atoms with Gasteiger partial charge in [0.15, 0.2) is 0 Å². The maximum absolute atomic E-state index is 12.5. The molecule has 0 unspecified atom stereocenters. The van der Waals surface area contributed by atoms with Gasteiger partial charge in [0.05, 0.1) is 19.1 Å². The molecule has 26 heavy (non-hydrogen) atoms. The highest BCUT2D eigenvalue weighted by Gasteiger charge is 2.27. The number of amides is 2. The van der Waals surface area contributed by atoms with E-state index in [9.17, 15) is 19.1 Å². The first-order valence-electron chi connectivity index (χ1n) is 8.57. The van der Waals surface area contributed by atoms with Gasteiger partial charge in [0, 0.05) is 24.5 Å². The molecule has 1 aromatic carbocycles. The van der Waals surface area contributed by atoms with E-state index in [1.165, 1.54) is 4.90 Å². The number of aliphatic hydroxyl groups excluding tert-OH is 1. The summed E-state index contributed by atoms with van der Waals surface area (Å²) in [5, 5.41) is 15.5. The highest BCUT2D eigenvalue weighted by Crippen LogP contribution is 2.31. The average molecular weight is 367 g/mol. The highest BCUT2D eigenvalue weighted by molar-refractivity contribution is 6.01. The highest BCUT2D eigenvalue weighted by atomic mass is 19.1. The van der Waals surface area contributed by atoms with E-state index in [0.717, 1.165) is 16.9 Å². The van der Waals surface area contributed by atoms with Crippen molar-refractivity contribution in [2.45, 2.75) is 38.9 Å². The van der Waals surface area contributed by atoms with Gasteiger partial charge in [0.25, 0.3) is 0 Å². The lowest BCUT2D eigenvalue weighted by molar-refractivity contribution is -0.117. The Hall–Kier alpha value is -2.35. The van der Waals surface area contributed by atoms with Crippen molar-refractivity contribution >= 4 is 23.4 Å². The molecule has 0 radical (unpaired) electrons. The third kappa shape index (κ3) is 5.59. The fourth-order valence-corrected chi connectivity index (χ4v) is 2.65. The summed E-state index contributed by atoms with van der Waals surface area (Å²) in [7, 11) is 0. The van der Waals surface area contributed by atoms with E-state index in [-0.39, 0.29) is 32.0 Å². The van der Waals surface area contributed by atoms with Crippen LogP contribution in [-0.4, -0.2) is 55.1 Å². The van der Waals surface area contributed by atoms with Crippen LogP contribution >= 0.6 is 0 Å². The molecule has 2 amide bonds. The Balaban J connectivity index is 1.82. The van der Waals surface area contributed by atoms with Gasteiger partial charge in [-0.3, -0.25) is 4.79 Å². The lowest BCUT2D eigenvalue weighted by Gasteiger charge is -2.21. The van der Waals surface area contributed by atoms with Gasteiger partial charge in [0.2, 0.25) is 5.91 Å². The number of anilines is 2. The Morgan fingerprint density at radius 3 is 2.77 bits per heavy atom. The number of ether oxygens (including phenoxy) is 1. The molecule has 0 aliphatic carbocycles. The van der Waals surface area contributed by atoms with Crippen molar-refractivity contribution in [3.63, 3.8) is 0 Å². The number of rotatable bonds is 7. The van der Waals surface area contributed by atoms with Crippen LogP contribution in [0, 0.1) is 0 Å². The Kier molecular flexibility index (Phi) is 6.42. The lowest BCUT2D eigenvalue weighted by Crippen LogP contribution is -2.39. The average Bonchev–Trinajstić information content (AvgIpc) is 2.85. The summed E-state index contributed by atoms with van der Waals surface area (Å²) >= 11 is 0. The third-order valence-corrected chi connectivity index (χ3v) is 3.74. The number of fused-ring (bicyclic) bond motifs is 1. The number of carbonyl (C=O) groups excluding carboxylic acids is 2. The molecule has 0 aromatic heterocycles. The quantitative estimate of drug-likeness (QED) is 0.684. The number of aliphatic hydroxyl groups is 1. The summed E-state index contributed by atoms with van der Waals surface area (Å²) in [6.45, 7) is 5.04. The van der Waals surface area contributed by atoms with Crippen molar-refractivity contribution in [1.82, 2.24) is 5.32 Å². The van der Waals surface area contributed by atoms with E-state index < -0.39 is 24.5 Å². The molecule has 3 N–H and O–H groups in total. The first-order valence-corrected chi connectivity index (χ1v) is 8.57. The number of carbonyl (C=O) groups is 2. The van der Waals surface area contributed by atoms with Crippen LogP contribution in [0.4, 0.5) is 20.6 Å². The second-order valence-electron chi connectivity index (χ2n) is 7.17. The third-order valence-electron chi connectivity index (χ3n) is 3.74. The van der Waals surface area contributed by atoms with Gasteiger partial charge in [-0.25, -0.2) is 9.18 Å². The van der Waals surface area contributed by atoms with Gasteiger partial charge >= 0.3 is 6.09 Å². The molecule has 0 saturated carbocycles. The Morgan fingerprint density at radius 1 is 1.38 bits per heavy atom. The molecular formula is C18H26FN3O4. The smallest absolute Gasteiger partial charge is 0.407 e. The summed E-state index contributed by atoms with van der Waals surface area (Å²) in [6.07, 6.45) is -1.14. The zero-order valence-corrected chi connectivity index (χ0v) is 15.3. The Morgan fingerprint density at radius 2 is 2.12 bits per heavy atom. The van der Waals surface area contributed by atoms with Gasteiger partial charge in [-0.15, -0.1) is 0 Å². The number of hydrogen-bond donors (Lipinski definition) is 3. The van der Waals surface area contributed by atoms with Crippen LogP contribution in [-0.2, 0) is 16.0 Å². The van der Waals surface area contributed by atoms with Crippen molar-refractivity contribution in [2.75, 3.05) is 36.5 Å². The Bertz CT molecular complexity index is 660. The van der Waals surface area contributed by atoms with E-state index in [2.05, 4.69) is 10.6 Å². The fraction of sp³-hybridized carbons (Fsp3) is 0.556. The minimum absolute atomic E-state index is 0.0512. The number of alkyl carbamates (subject to hydrolysis) is 1. The van der Waals surface area contributed by atoms with Gasteiger partial charge in [0.1, 0.15) is 12.3 Å². The zero-order valence-electron chi connectivity index (χ0n) is 15.3. The van der Waals surface area contributed by atoms with Crippen LogP contribution in [0.1, 0.15) is 26.3 Å². The van der Waals surface area contributed by atoms with Crippen LogP contribution in [0.5, 0.6) is 0 Å². The number of nitrogens with zero attached hydrogens (tertiary/aromatic N) is 1. The standard InChI is InChI=1S/C18H26FN3O4/c1-18(2,3)26-17(25)21-11-14(23)10-20-13-4-5-15-12(8-13)9-16(24)22(15)7-6-19/h4-5,8,14,20,23H,6-7,9-11H2,1-3H3,(H,21,25)/t14-/m0/s1. The lowest BCUT2D eigenvalue weighted by atomic mass is 10.1. The number of hydrogen-bond acceptors (Lipinski definition) is 5. The van der Waals surface area contributed by atoms with Crippen molar-refractivity contribution in [2.24, 2.45) is 0 Å². The van der Waals surface area contributed by atoms with E-state index in [1.807, 2.05) is 6.07 Å². The van der Waals surface area contributed by atoms with Crippen molar-refractivity contribution < 1.29 is 23.8 Å². The molecule has 2 rings (SSSR count). The number of benzene rings is 1. The predicted octanol–water partition coefficient (Wildman–Crippen LogP) is 1.84. The van der Waals surface area contributed by atoms with Gasteiger partial charge < -0.3 is 25.4 Å². The summed E-state index contributed by atoms with van der Waals surface area (Å²) < 4.78 is 17.6. The SMILES string of the molecule is CC(C)(C)OC(=O)NC[C@@H](O)CNc1ccc2c(c1)CC(=O)N2CCF. The van der Waals surface area contributed by atoms with Gasteiger partial charge in [-0.1, -0.05) is 0 Å². The molecule has 1 heterocycles. The predicted molar refractivity (Wildman–Crippen MR) is 97.2 cm³/mol. The maximum Gasteiger partial charge on any atom is 0.407 e. The number of nitrogens with one attached hydrogen (secondary N) is 2. The molecule has 1 aromatic rings. The topological polar surface area (TPSA) is 90.9 Å². The molecule has 0 saturated heterocycles. The van der Waals surface area contributed by atoms with Gasteiger partial charge in [-0.05, 0) is 44.5 Å². The monoisotopic (exact) mass is 367 g/mol. The second-order valence-corrected chi connectivity index (χ2v) is 7.17. The van der Waals surface area contributed by atoms with Crippen LogP contribution in [0.2, 0.25) is 0 Å². The van der Waals surface area contributed by atoms with Crippen LogP contribution in [0.25, 0.3) is 0 Å². The van der Waals surface area contributed by atoms with Crippen molar-refractivity contribution in [3.05, 3.63) is 23.8 Å². The van der Waals surface area contributed by atoms with Gasteiger partial charge in [-0.2, -0.15) is 0 Å². The molecule has 0 fully saturated rings. The normalized spacial score (nSPS) is 14.8. The molecule has 1 aliphatic heterocycles. The molecule has 144 valence electrons. The molecule has 7 nitrogen and oxygen atoms in total. The molecule has 1 aliphatic rings. The largest absolute Gasteiger partial charge is 0.444 e. The summed E-state index contributed by atoms with van der Waals surface area (Å²) in [6, 6.07) is 5.36. The number of halogens is 1. The first-order chi connectivity index (χ1) is 12.2. The van der Waals surface area contributed by atoms with Crippen LogP contribution in [0.15, 0.2) is 18.2 Å². The minimum atomic E-state index is -0.805. The molecule has 0 spiro atoms. The maximum atomic E-state index is 12.5. The van der Waals surface area contributed by atoms with E-state index in [0.29, 0.717) is 0 Å². The van der Waals surface area contributed by atoms with E-state index in [1.54, 1.807) is 32.9 Å². The first kappa shape index (κ1) is 20.0. The number of alkyl halides is 1. The minimum Gasteiger partial charge on any atom is -0.444 e. The molecule has 0 bridgehead atoms. The van der Waals surface area contributed by atoms with Crippen molar-refractivity contribution in [3.8, 4) is 0 Å². The van der Waals surface area contributed by atoms with E-state index in [4.69, 9.17) is 4.74 Å². The Labute approximate surface area is 152 Å². The summed E-state index contributed by atoms with van der Waals surface area (Å²) in [5.74, 6) is -0.114. The summed E-state index contributed by atoms with van der Waals surface area (Å²) in [5.41, 5.74) is 1.71. The molecular weight excluding hydrogens is 341 g/mol. The van der Waals surface area contributed by atoms with Crippen molar-refractivity contribution in [1.29, 1.82) is 0 Å². The zero-order chi connectivity index (χ0) is 19.3. The summed E-state index contributed by atoms with van der Waals surface area (Å²) in [4.78, 5) is 24.9. The fourth-order valence-electron chi connectivity index (χ4n) is 2.65. The molecule has 8 heteroatoms. The van der Waals surface area contributed by atoms with Crippen LogP contribution < -0.4 is 15.5 Å².